The molecule has 1 aromatic rings. The van der Waals surface area contributed by atoms with Crippen LogP contribution in [0.5, 0.6) is 5.75 Å². The Balaban J connectivity index is 2.47. The van der Waals surface area contributed by atoms with E-state index in [4.69, 9.17) is 4.74 Å². The molecule has 0 saturated heterocycles. The molecule has 19 heavy (non-hydrogen) atoms. The molecule has 0 radical (unpaired) electrons. The van der Waals surface area contributed by atoms with Gasteiger partial charge in [-0.15, -0.1) is 0 Å². The third kappa shape index (κ3) is 2.54. The maximum atomic E-state index is 11.9. The summed E-state index contributed by atoms with van der Waals surface area (Å²) in [6.07, 6.45) is 0.745. The predicted molar refractivity (Wildman–Crippen MR) is 71.6 cm³/mol. The number of carbonyl (C=O) groups excluding carboxylic acids is 2. The van der Waals surface area contributed by atoms with E-state index in [1.165, 1.54) is 0 Å². The van der Waals surface area contributed by atoms with Gasteiger partial charge < -0.3 is 15.4 Å². The summed E-state index contributed by atoms with van der Waals surface area (Å²) in [5.74, 6) is 0.186. The van der Waals surface area contributed by atoms with Crippen molar-refractivity contribution in [1.29, 1.82) is 0 Å². The van der Waals surface area contributed by atoms with Crippen molar-refractivity contribution in [3.63, 3.8) is 0 Å². The van der Waals surface area contributed by atoms with Crippen LogP contribution >= 0.6 is 0 Å². The highest BCUT2D eigenvalue weighted by atomic mass is 16.5. The van der Waals surface area contributed by atoms with E-state index in [0.717, 1.165) is 5.56 Å². The lowest BCUT2D eigenvalue weighted by molar-refractivity contribution is 0.0955. The minimum atomic E-state index is -0.239. The van der Waals surface area contributed by atoms with Gasteiger partial charge in [-0.1, -0.05) is 0 Å². The second kappa shape index (κ2) is 5.30. The van der Waals surface area contributed by atoms with Crippen LogP contribution in [0.1, 0.15) is 40.1 Å². The summed E-state index contributed by atoms with van der Waals surface area (Å²) in [6, 6.07) is 3.39. The molecular weight excluding hydrogens is 244 g/mol. The van der Waals surface area contributed by atoms with Crippen LogP contribution in [0.4, 0.5) is 0 Å². The topological polar surface area (TPSA) is 67.4 Å². The third-order valence-electron chi connectivity index (χ3n) is 3.06. The highest BCUT2D eigenvalue weighted by Crippen LogP contribution is 2.33. The first-order valence-electron chi connectivity index (χ1n) is 6.40. The summed E-state index contributed by atoms with van der Waals surface area (Å²) < 4.78 is 5.66. The molecule has 2 rings (SSSR count). The Hall–Kier alpha value is -2.04. The Labute approximate surface area is 112 Å². The molecule has 1 atom stereocenters. The molecule has 1 heterocycles. The molecule has 2 amide bonds. The zero-order valence-corrected chi connectivity index (χ0v) is 11.4. The van der Waals surface area contributed by atoms with Gasteiger partial charge in [0.05, 0.1) is 5.56 Å². The van der Waals surface area contributed by atoms with Crippen LogP contribution in [-0.4, -0.2) is 31.5 Å². The fraction of sp³-hybridized carbons (Fsp3) is 0.429. The molecule has 5 heteroatoms. The maximum Gasteiger partial charge on any atom is 0.254 e. The van der Waals surface area contributed by atoms with E-state index < -0.39 is 0 Å². The molecule has 0 bridgehead atoms. The first-order valence-corrected chi connectivity index (χ1v) is 6.40. The number of hydrogen-bond acceptors (Lipinski definition) is 3. The van der Waals surface area contributed by atoms with E-state index in [1.54, 1.807) is 19.2 Å². The van der Waals surface area contributed by atoms with E-state index in [0.29, 0.717) is 29.8 Å². The number of rotatable bonds is 3. The van der Waals surface area contributed by atoms with Crippen LogP contribution in [0.2, 0.25) is 0 Å². The van der Waals surface area contributed by atoms with Crippen molar-refractivity contribution < 1.29 is 14.3 Å². The Bertz CT molecular complexity index is 526. The van der Waals surface area contributed by atoms with E-state index in [9.17, 15) is 9.59 Å². The molecule has 102 valence electrons. The standard InChI is InChI=1S/C14H18N2O3/c1-4-16-13(17)10-6-9-5-8(2)19-12(9)11(7-10)14(18)15-3/h6-8H,4-5H2,1-3H3,(H,15,18)(H,16,17). The number of benzene rings is 1. The molecule has 1 aromatic carbocycles. The molecule has 0 saturated carbocycles. The van der Waals surface area contributed by atoms with Crippen LogP contribution in [0.3, 0.4) is 0 Å². The maximum absolute atomic E-state index is 11.9. The van der Waals surface area contributed by atoms with Crippen molar-refractivity contribution >= 4 is 11.8 Å². The minimum absolute atomic E-state index is 0.0305. The quantitative estimate of drug-likeness (QED) is 0.857. The van der Waals surface area contributed by atoms with Gasteiger partial charge in [0.25, 0.3) is 11.8 Å². The van der Waals surface area contributed by atoms with Gasteiger partial charge in [0.15, 0.2) is 0 Å². The van der Waals surface area contributed by atoms with Gasteiger partial charge in [0.1, 0.15) is 11.9 Å². The molecule has 1 unspecified atom stereocenters. The normalized spacial score (nSPS) is 16.5. The van der Waals surface area contributed by atoms with E-state index >= 15 is 0 Å². The number of fused-ring (bicyclic) bond motifs is 1. The van der Waals surface area contributed by atoms with Crippen LogP contribution in [0, 0.1) is 0 Å². The van der Waals surface area contributed by atoms with Crippen molar-refractivity contribution in [3.8, 4) is 5.75 Å². The second-order valence-corrected chi connectivity index (χ2v) is 4.58. The molecule has 0 fully saturated rings. The second-order valence-electron chi connectivity index (χ2n) is 4.58. The van der Waals surface area contributed by atoms with Gasteiger partial charge in [-0.2, -0.15) is 0 Å². The van der Waals surface area contributed by atoms with Crippen LogP contribution < -0.4 is 15.4 Å². The first-order chi connectivity index (χ1) is 9.06. The Morgan fingerprint density at radius 1 is 1.37 bits per heavy atom. The van der Waals surface area contributed by atoms with E-state index in [-0.39, 0.29) is 17.9 Å². The van der Waals surface area contributed by atoms with Gasteiger partial charge in [-0.05, 0) is 31.5 Å². The van der Waals surface area contributed by atoms with Crippen LogP contribution in [0.25, 0.3) is 0 Å². The molecule has 5 nitrogen and oxygen atoms in total. The number of nitrogens with one attached hydrogen (secondary N) is 2. The van der Waals surface area contributed by atoms with Gasteiger partial charge in [-0.25, -0.2) is 0 Å². The van der Waals surface area contributed by atoms with Gasteiger partial charge >= 0.3 is 0 Å². The minimum Gasteiger partial charge on any atom is -0.489 e. The van der Waals surface area contributed by atoms with E-state index in [1.807, 2.05) is 13.8 Å². The smallest absolute Gasteiger partial charge is 0.254 e. The van der Waals surface area contributed by atoms with Crippen molar-refractivity contribution in [2.45, 2.75) is 26.4 Å². The summed E-state index contributed by atoms with van der Waals surface area (Å²) in [6.45, 7) is 4.35. The summed E-state index contributed by atoms with van der Waals surface area (Å²) >= 11 is 0. The van der Waals surface area contributed by atoms with Gasteiger partial charge in [-0.3, -0.25) is 9.59 Å². The summed E-state index contributed by atoms with van der Waals surface area (Å²) in [4.78, 5) is 23.8. The third-order valence-corrected chi connectivity index (χ3v) is 3.06. The average Bonchev–Trinajstić information content (AvgIpc) is 2.76. The highest BCUT2D eigenvalue weighted by molar-refractivity contribution is 6.02. The fourth-order valence-corrected chi connectivity index (χ4v) is 2.23. The molecule has 0 spiro atoms. The SMILES string of the molecule is CCNC(=O)c1cc2c(c(C(=O)NC)c1)OC(C)C2. The molecular formula is C14H18N2O3. The highest BCUT2D eigenvalue weighted by Gasteiger charge is 2.26. The van der Waals surface area contributed by atoms with Crippen molar-refractivity contribution in [2.24, 2.45) is 0 Å². The Morgan fingerprint density at radius 2 is 2.11 bits per heavy atom. The number of ether oxygens (including phenoxy) is 1. The molecule has 0 aliphatic carbocycles. The summed E-state index contributed by atoms with van der Waals surface area (Å²) in [5.41, 5.74) is 1.83. The van der Waals surface area contributed by atoms with Crippen LogP contribution in [-0.2, 0) is 6.42 Å². The number of amides is 2. The fourth-order valence-electron chi connectivity index (χ4n) is 2.23. The lowest BCUT2D eigenvalue weighted by Crippen LogP contribution is -2.24. The first kappa shape index (κ1) is 13.4. The van der Waals surface area contributed by atoms with Crippen molar-refractivity contribution in [3.05, 3.63) is 28.8 Å². The number of hydrogen-bond donors (Lipinski definition) is 2. The predicted octanol–water partition coefficient (Wildman–Crippen LogP) is 1.12. The largest absolute Gasteiger partial charge is 0.489 e. The Morgan fingerprint density at radius 3 is 2.74 bits per heavy atom. The van der Waals surface area contributed by atoms with Crippen LogP contribution in [0.15, 0.2) is 12.1 Å². The lowest BCUT2D eigenvalue weighted by atomic mass is 10.0. The Kier molecular flexibility index (Phi) is 3.74. The zero-order valence-electron chi connectivity index (χ0n) is 11.4. The van der Waals surface area contributed by atoms with Gasteiger partial charge in [0.2, 0.25) is 0 Å². The molecule has 1 aliphatic heterocycles. The average molecular weight is 262 g/mol. The zero-order chi connectivity index (χ0) is 14.0. The molecule has 0 aromatic heterocycles. The molecule has 1 aliphatic rings. The number of carbonyl (C=O) groups is 2. The van der Waals surface area contributed by atoms with Crippen molar-refractivity contribution in [2.75, 3.05) is 13.6 Å². The summed E-state index contributed by atoms with van der Waals surface area (Å²) in [7, 11) is 1.56. The van der Waals surface area contributed by atoms with E-state index in [2.05, 4.69) is 10.6 Å². The lowest BCUT2D eigenvalue weighted by Gasteiger charge is -2.10. The summed E-state index contributed by atoms with van der Waals surface area (Å²) in [5, 5.41) is 5.31. The monoisotopic (exact) mass is 262 g/mol. The van der Waals surface area contributed by atoms with Gasteiger partial charge in [0, 0.05) is 25.6 Å². The van der Waals surface area contributed by atoms with Crippen molar-refractivity contribution in [1.82, 2.24) is 10.6 Å². The molecule has 2 N–H and O–H groups in total.